The number of carbonyl (C=O) groups excluding carboxylic acids is 1. The van der Waals surface area contributed by atoms with Gasteiger partial charge in [0.25, 0.3) is 0 Å². The molecule has 2 aromatic heterocycles. The zero-order valence-electron chi connectivity index (χ0n) is 14.6. The van der Waals surface area contributed by atoms with Crippen LogP contribution in [0.25, 0.3) is 11.2 Å². The van der Waals surface area contributed by atoms with E-state index in [0.717, 1.165) is 0 Å². The van der Waals surface area contributed by atoms with Crippen LogP contribution in [-0.2, 0) is 35.1 Å². The Labute approximate surface area is 172 Å². The third-order valence-electron chi connectivity index (χ3n) is 4.38. The van der Waals surface area contributed by atoms with Crippen LogP contribution in [-0.4, -0.2) is 55.3 Å². The number of halogens is 1. The number of esters is 1. The van der Waals surface area contributed by atoms with Gasteiger partial charge in [0.15, 0.2) is 34.0 Å². The zero-order valence-corrected chi connectivity index (χ0v) is 17.9. The Morgan fingerprint density at radius 3 is 3.11 bits per heavy atom. The molecule has 2 saturated heterocycles. The Balaban J connectivity index is 1.76. The topological polar surface area (TPSA) is 144 Å². The summed E-state index contributed by atoms with van der Waals surface area (Å²) in [6, 6.07) is 0. The highest BCUT2D eigenvalue weighted by Gasteiger charge is 2.54. The molecule has 0 amide bonds. The van der Waals surface area contributed by atoms with E-state index in [2.05, 4.69) is 30.9 Å². The number of nitrogens with zero attached hydrogens (tertiary/aromatic N) is 4. The van der Waals surface area contributed by atoms with Gasteiger partial charge in [-0.3, -0.25) is 13.9 Å². The highest BCUT2D eigenvalue weighted by molar-refractivity contribution is 9.10. The van der Waals surface area contributed by atoms with Crippen molar-refractivity contribution in [2.24, 2.45) is 0 Å². The second-order valence-electron chi connectivity index (χ2n) is 6.29. The summed E-state index contributed by atoms with van der Waals surface area (Å²) >= 11 is 8.33. The number of ether oxygens (including phenoxy) is 2. The predicted molar refractivity (Wildman–Crippen MR) is 103 cm³/mol. The van der Waals surface area contributed by atoms with Gasteiger partial charge >= 0.3 is 12.7 Å². The third kappa shape index (κ3) is 3.56. The molecule has 0 bridgehead atoms. The maximum absolute atomic E-state index is 12.2. The van der Waals surface area contributed by atoms with Gasteiger partial charge in [0.2, 0.25) is 0 Å². The lowest BCUT2D eigenvalue weighted by Gasteiger charge is -2.31. The van der Waals surface area contributed by atoms with Crippen LogP contribution in [0.4, 0.5) is 5.82 Å². The van der Waals surface area contributed by atoms with Crippen LogP contribution < -0.4 is 5.73 Å². The summed E-state index contributed by atoms with van der Waals surface area (Å²) < 4.78 is 24.4. The molecule has 2 aliphatic rings. The molecule has 11 nitrogen and oxygen atoms in total. The number of fused-ring (bicyclic) bond motifs is 2. The number of aromatic nitrogens is 4. The molecule has 0 aromatic carbocycles. The van der Waals surface area contributed by atoms with Gasteiger partial charge in [-0.2, -0.15) is 0 Å². The van der Waals surface area contributed by atoms with Crippen LogP contribution in [0.2, 0.25) is 0 Å². The van der Waals surface area contributed by atoms with E-state index in [1.165, 1.54) is 6.33 Å². The molecule has 14 heteroatoms. The standard InChI is InChI=1S/C14H17BrN5O6PS/c1-2-3-7(21)25-10-9-6(4-23-27(22,28)26-9)24-13(10)20-12-8(19-14(20)15)11(16)17-5-18-12/h5-6,9-10,13H,2-4H2,1H3,(H,22,28)(H2,16,17,18). The van der Waals surface area contributed by atoms with Crippen molar-refractivity contribution in [1.82, 2.24) is 19.5 Å². The number of nitrogens with two attached hydrogens (primary N) is 1. The first-order valence-corrected chi connectivity index (χ1v) is 11.8. The smallest absolute Gasteiger partial charge is 0.325 e. The van der Waals surface area contributed by atoms with Crippen LogP contribution in [0.3, 0.4) is 0 Å². The first-order chi connectivity index (χ1) is 13.3. The first kappa shape index (κ1) is 20.1. The maximum Gasteiger partial charge on any atom is 0.325 e. The minimum absolute atomic E-state index is 0.0120. The van der Waals surface area contributed by atoms with Gasteiger partial charge in [-0.25, -0.2) is 15.0 Å². The first-order valence-electron chi connectivity index (χ1n) is 8.45. The molecule has 2 fully saturated rings. The number of imidazole rings is 1. The molecule has 152 valence electrons. The van der Waals surface area contributed by atoms with Crippen molar-refractivity contribution in [3.05, 3.63) is 11.1 Å². The monoisotopic (exact) mass is 493 g/mol. The van der Waals surface area contributed by atoms with Gasteiger partial charge in [0.1, 0.15) is 18.5 Å². The van der Waals surface area contributed by atoms with E-state index in [4.69, 9.17) is 36.1 Å². The van der Waals surface area contributed by atoms with Gasteiger partial charge in [-0.05, 0) is 34.2 Å². The molecule has 2 aromatic rings. The van der Waals surface area contributed by atoms with Crippen LogP contribution in [0.1, 0.15) is 26.0 Å². The average molecular weight is 494 g/mol. The Bertz CT molecular complexity index is 975. The fourth-order valence-corrected chi connectivity index (χ4v) is 5.18. The highest BCUT2D eigenvalue weighted by Crippen LogP contribution is 2.53. The van der Waals surface area contributed by atoms with Crippen molar-refractivity contribution in [3.63, 3.8) is 0 Å². The summed E-state index contributed by atoms with van der Waals surface area (Å²) in [5, 5.41) is 0. The van der Waals surface area contributed by atoms with Crippen LogP contribution in [0, 0.1) is 0 Å². The lowest BCUT2D eigenvalue weighted by molar-refractivity contribution is -0.158. The fraction of sp³-hybridized carbons (Fsp3) is 0.571. The number of hydrogen-bond acceptors (Lipinski definition) is 10. The molecule has 0 aliphatic carbocycles. The van der Waals surface area contributed by atoms with E-state index in [1.54, 1.807) is 4.57 Å². The third-order valence-corrected chi connectivity index (χ3v) is 6.50. The van der Waals surface area contributed by atoms with E-state index < -0.39 is 37.2 Å². The normalized spacial score (nSPS) is 32.4. The van der Waals surface area contributed by atoms with Gasteiger partial charge < -0.3 is 24.6 Å². The van der Waals surface area contributed by atoms with E-state index in [0.29, 0.717) is 22.3 Å². The summed E-state index contributed by atoms with van der Waals surface area (Å²) in [5.41, 5.74) is 6.65. The van der Waals surface area contributed by atoms with E-state index in [9.17, 15) is 9.69 Å². The van der Waals surface area contributed by atoms with Crippen molar-refractivity contribution in [3.8, 4) is 0 Å². The van der Waals surface area contributed by atoms with Crippen LogP contribution >= 0.6 is 22.6 Å². The van der Waals surface area contributed by atoms with E-state index in [1.807, 2.05) is 6.92 Å². The molecule has 0 spiro atoms. The quantitative estimate of drug-likeness (QED) is 0.362. The van der Waals surface area contributed by atoms with Crippen molar-refractivity contribution in [2.75, 3.05) is 12.3 Å². The molecule has 0 radical (unpaired) electrons. The SMILES string of the molecule is CCCC(=O)OC1C2OP(O)(=S)OCC2OC1n1c(Br)nc2c(N)ncnc21. The molecule has 4 heterocycles. The molecule has 3 N–H and O–H groups in total. The lowest BCUT2D eigenvalue weighted by atomic mass is 10.1. The molecular formula is C14H17BrN5O6PS. The zero-order chi connectivity index (χ0) is 20.1. The lowest BCUT2D eigenvalue weighted by Crippen LogP contribution is -2.41. The Morgan fingerprint density at radius 1 is 1.57 bits per heavy atom. The highest BCUT2D eigenvalue weighted by atomic mass is 79.9. The molecular weight excluding hydrogens is 477 g/mol. The maximum atomic E-state index is 12.2. The number of anilines is 1. The minimum atomic E-state index is -3.44. The molecule has 4 rings (SSSR count). The second-order valence-corrected chi connectivity index (χ2v) is 9.79. The summed E-state index contributed by atoms with van der Waals surface area (Å²) in [4.78, 5) is 34.8. The number of hydrogen-bond donors (Lipinski definition) is 2. The van der Waals surface area contributed by atoms with Crippen molar-refractivity contribution in [1.29, 1.82) is 0 Å². The number of carbonyl (C=O) groups is 1. The summed E-state index contributed by atoms with van der Waals surface area (Å²) in [6.07, 6.45) is -0.987. The van der Waals surface area contributed by atoms with Crippen molar-refractivity contribution >= 4 is 57.4 Å². The van der Waals surface area contributed by atoms with E-state index in [-0.39, 0.29) is 18.8 Å². The average Bonchev–Trinajstić information content (AvgIpc) is 3.12. The Kier molecular flexibility index (Phi) is 5.42. The van der Waals surface area contributed by atoms with Gasteiger partial charge in [0.05, 0.1) is 6.61 Å². The number of rotatable bonds is 4. The van der Waals surface area contributed by atoms with Crippen molar-refractivity contribution < 1.29 is 28.2 Å². The molecule has 5 atom stereocenters. The Morgan fingerprint density at radius 2 is 2.36 bits per heavy atom. The van der Waals surface area contributed by atoms with Gasteiger partial charge in [-0.15, -0.1) is 0 Å². The van der Waals surface area contributed by atoms with Gasteiger partial charge in [0, 0.05) is 6.42 Å². The molecule has 28 heavy (non-hydrogen) atoms. The predicted octanol–water partition coefficient (Wildman–Crippen LogP) is 1.41. The van der Waals surface area contributed by atoms with Crippen molar-refractivity contribution in [2.45, 2.75) is 44.3 Å². The molecule has 2 aliphatic heterocycles. The summed E-state index contributed by atoms with van der Waals surface area (Å²) in [7, 11) is 0. The summed E-state index contributed by atoms with van der Waals surface area (Å²) in [6.45, 7) is -1.57. The summed E-state index contributed by atoms with van der Waals surface area (Å²) in [5.74, 6) is -0.220. The van der Waals surface area contributed by atoms with Crippen LogP contribution in [0.5, 0.6) is 0 Å². The second kappa shape index (κ2) is 7.56. The molecule has 0 saturated carbocycles. The number of nitrogen functional groups attached to an aromatic ring is 1. The largest absolute Gasteiger partial charge is 0.455 e. The Hall–Kier alpha value is -1.21. The van der Waals surface area contributed by atoms with Crippen LogP contribution in [0.15, 0.2) is 11.1 Å². The fourth-order valence-electron chi connectivity index (χ4n) is 3.19. The van der Waals surface area contributed by atoms with E-state index >= 15 is 0 Å². The van der Waals surface area contributed by atoms with Gasteiger partial charge in [-0.1, -0.05) is 6.92 Å². The minimum Gasteiger partial charge on any atom is -0.455 e. The molecule has 5 unspecified atom stereocenters.